The number of nitrogens with zero attached hydrogens (tertiary/aromatic N) is 2. The van der Waals surface area contributed by atoms with Crippen molar-refractivity contribution in [3.63, 3.8) is 0 Å². The van der Waals surface area contributed by atoms with E-state index in [1.54, 1.807) is 11.3 Å². The lowest BCUT2D eigenvalue weighted by atomic mass is 9.79. The maximum Gasteiger partial charge on any atom is 0.226 e. The topological polar surface area (TPSA) is 54.5 Å². The summed E-state index contributed by atoms with van der Waals surface area (Å²) >= 11 is 7.52. The third kappa shape index (κ3) is 5.18. The first-order valence-electron chi connectivity index (χ1n) is 10.4. The molecular weight excluding hydrogens is 406 g/mol. The number of ether oxygens (including phenoxy) is 1. The molecule has 4 rings (SSSR count). The molecule has 29 heavy (non-hydrogen) atoms. The van der Waals surface area contributed by atoms with Gasteiger partial charge < -0.3 is 10.1 Å². The van der Waals surface area contributed by atoms with Crippen LogP contribution in [-0.2, 0) is 16.0 Å². The number of amides is 1. The number of hydrogen-bond donors (Lipinski definition) is 1. The molecular formula is C22H28ClN3O2S. The van der Waals surface area contributed by atoms with Crippen molar-refractivity contribution in [2.75, 3.05) is 32.8 Å². The Kier molecular flexibility index (Phi) is 6.85. The number of carbonyl (C=O) groups is 1. The average molecular weight is 434 g/mol. The Labute approximate surface area is 181 Å². The van der Waals surface area contributed by atoms with E-state index >= 15 is 0 Å². The van der Waals surface area contributed by atoms with Gasteiger partial charge in [-0.25, -0.2) is 4.98 Å². The zero-order chi connectivity index (χ0) is 20.1. The Morgan fingerprint density at radius 2 is 1.90 bits per heavy atom. The highest BCUT2D eigenvalue weighted by Crippen LogP contribution is 2.34. The lowest BCUT2D eigenvalue weighted by Gasteiger charge is -2.48. The fourth-order valence-electron chi connectivity index (χ4n) is 4.46. The molecule has 0 unspecified atom stereocenters. The van der Waals surface area contributed by atoms with Crippen LogP contribution < -0.4 is 5.32 Å². The number of morpholine rings is 1. The molecule has 1 N–H and O–H groups in total. The van der Waals surface area contributed by atoms with Gasteiger partial charge >= 0.3 is 0 Å². The summed E-state index contributed by atoms with van der Waals surface area (Å²) in [6.45, 7) is 4.24. The van der Waals surface area contributed by atoms with E-state index in [9.17, 15) is 4.79 Å². The van der Waals surface area contributed by atoms with Gasteiger partial charge in [0.15, 0.2) is 0 Å². The fourth-order valence-corrected chi connectivity index (χ4v) is 5.41. The number of hydrogen-bond acceptors (Lipinski definition) is 5. The Morgan fingerprint density at radius 3 is 2.62 bits per heavy atom. The SMILES string of the molecule is O=C(Cc1csc(-c2ccc(Cl)cc2)n1)NCC1(N2CCOCC2)CCCCC1. The van der Waals surface area contributed by atoms with Gasteiger partial charge in [0.05, 0.1) is 25.3 Å². The zero-order valence-corrected chi connectivity index (χ0v) is 18.2. The molecule has 1 aromatic carbocycles. The lowest BCUT2D eigenvalue weighted by Crippen LogP contribution is -2.59. The standard InChI is InChI=1S/C22H28ClN3O2S/c23-18-6-4-17(5-7-18)21-25-19(15-29-21)14-20(27)24-16-22(8-2-1-3-9-22)26-10-12-28-13-11-26/h4-7,15H,1-3,8-14,16H2,(H,24,27). The van der Waals surface area contributed by atoms with Gasteiger partial charge in [-0.05, 0) is 25.0 Å². The second-order valence-corrected chi connectivity index (χ2v) is 9.28. The van der Waals surface area contributed by atoms with Crippen molar-refractivity contribution in [1.29, 1.82) is 0 Å². The van der Waals surface area contributed by atoms with Gasteiger partial charge in [0.25, 0.3) is 0 Å². The fraction of sp³-hybridized carbons (Fsp3) is 0.545. The molecule has 0 spiro atoms. The molecule has 2 aliphatic rings. The van der Waals surface area contributed by atoms with Crippen molar-refractivity contribution in [2.24, 2.45) is 0 Å². The van der Waals surface area contributed by atoms with E-state index in [2.05, 4.69) is 15.2 Å². The van der Waals surface area contributed by atoms with Crippen LogP contribution in [0.3, 0.4) is 0 Å². The van der Waals surface area contributed by atoms with Crippen LogP contribution in [0, 0.1) is 0 Å². The summed E-state index contributed by atoms with van der Waals surface area (Å²) in [5.41, 5.74) is 1.94. The number of thiazole rings is 1. The summed E-state index contributed by atoms with van der Waals surface area (Å²) in [5.74, 6) is 0.0520. The third-order valence-corrected chi connectivity index (χ3v) is 7.26. The van der Waals surface area contributed by atoms with Gasteiger partial charge in [-0.1, -0.05) is 43.0 Å². The average Bonchev–Trinajstić information content (AvgIpc) is 3.22. The quantitative estimate of drug-likeness (QED) is 0.743. The summed E-state index contributed by atoms with van der Waals surface area (Å²) in [5, 5.41) is 6.82. The van der Waals surface area contributed by atoms with Crippen LogP contribution in [0.25, 0.3) is 10.6 Å². The van der Waals surface area contributed by atoms with Crippen LogP contribution in [0.5, 0.6) is 0 Å². The molecule has 1 aliphatic heterocycles. The van der Waals surface area contributed by atoms with Crippen LogP contribution in [0.15, 0.2) is 29.6 Å². The molecule has 1 aliphatic carbocycles. The molecule has 0 radical (unpaired) electrons. The molecule has 156 valence electrons. The van der Waals surface area contributed by atoms with E-state index < -0.39 is 0 Å². The normalized spacial score (nSPS) is 19.8. The molecule has 1 aromatic heterocycles. The molecule has 1 saturated carbocycles. The number of nitrogens with one attached hydrogen (secondary N) is 1. The number of halogens is 1. The van der Waals surface area contributed by atoms with Gasteiger partial charge in [-0.15, -0.1) is 11.3 Å². The lowest BCUT2D eigenvalue weighted by molar-refractivity contribution is -0.121. The largest absolute Gasteiger partial charge is 0.379 e. The van der Waals surface area contributed by atoms with Crippen molar-refractivity contribution in [1.82, 2.24) is 15.2 Å². The van der Waals surface area contributed by atoms with E-state index in [-0.39, 0.29) is 11.4 Å². The minimum atomic E-state index is 0.0520. The van der Waals surface area contributed by atoms with Crippen molar-refractivity contribution < 1.29 is 9.53 Å². The van der Waals surface area contributed by atoms with Crippen LogP contribution in [0.1, 0.15) is 37.8 Å². The molecule has 1 amide bonds. The number of benzene rings is 1. The second kappa shape index (κ2) is 9.56. The Morgan fingerprint density at radius 1 is 1.17 bits per heavy atom. The highest BCUT2D eigenvalue weighted by Gasteiger charge is 2.38. The van der Waals surface area contributed by atoms with Gasteiger partial charge in [0.2, 0.25) is 5.91 Å². The maximum atomic E-state index is 12.7. The van der Waals surface area contributed by atoms with Crippen molar-refractivity contribution in [3.8, 4) is 10.6 Å². The van der Waals surface area contributed by atoms with Crippen LogP contribution in [0.2, 0.25) is 5.02 Å². The summed E-state index contributed by atoms with van der Waals surface area (Å²) in [4.78, 5) is 19.9. The highest BCUT2D eigenvalue weighted by molar-refractivity contribution is 7.13. The summed E-state index contributed by atoms with van der Waals surface area (Å²) in [6.07, 6.45) is 6.42. The number of aromatic nitrogens is 1. The van der Waals surface area contributed by atoms with Crippen LogP contribution in [0.4, 0.5) is 0 Å². The molecule has 1 saturated heterocycles. The molecule has 5 nitrogen and oxygen atoms in total. The maximum absolute atomic E-state index is 12.7. The number of carbonyl (C=O) groups excluding carboxylic acids is 1. The van der Waals surface area contributed by atoms with E-state index in [1.165, 1.54) is 19.3 Å². The van der Waals surface area contributed by atoms with Crippen molar-refractivity contribution in [3.05, 3.63) is 40.4 Å². The van der Waals surface area contributed by atoms with E-state index in [0.717, 1.165) is 62.0 Å². The molecule has 7 heteroatoms. The zero-order valence-electron chi connectivity index (χ0n) is 16.7. The van der Waals surface area contributed by atoms with E-state index in [0.29, 0.717) is 11.4 Å². The minimum absolute atomic E-state index is 0.0520. The molecule has 0 bridgehead atoms. The Hall–Kier alpha value is -1.47. The van der Waals surface area contributed by atoms with Crippen molar-refractivity contribution in [2.45, 2.75) is 44.1 Å². The van der Waals surface area contributed by atoms with Gasteiger partial charge in [-0.2, -0.15) is 0 Å². The van der Waals surface area contributed by atoms with Gasteiger partial charge in [0, 0.05) is 41.1 Å². The first-order chi connectivity index (χ1) is 14.1. The molecule has 2 aromatic rings. The van der Waals surface area contributed by atoms with Gasteiger partial charge in [0.1, 0.15) is 5.01 Å². The van der Waals surface area contributed by atoms with E-state index in [4.69, 9.17) is 16.3 Å². The Balaban J connectivity index is 1.35. The predicted octanol–water partition coefficient (Wildman–Crippen LogP) is 4.16. The monoisotopic (exact) mass is 433 g/mol. The first-order valence-corrected chi connectivity index (χ1v) is 11.7. The van der Waals surface area contributed by atoms with E-state index in [1.807, 2.05) is 29.6 Å². The smallest absolute Gasteiger partial charge is 0.226 e. The second-order valence-electron chi connectivity index (χ2n) is 7.99. The van der Waals surface area contributed by atoms with Crippen molar-refractivity contribution >= 4 is 28.8 Å². The predicted molar refractivity (Wildman–Crippen MR) is 117 cm³/mol. The number of rotatable bonds is 6. The minimum Gasteiger partial charge on any atom is -0.379 e. The van der Waals surface area contributed by atoms with Crippen LogP contribution in [-0.4, -0.2) is 54.2 Å². The molecule has 0 atom stereocenters. The Bertz CT molecular complexity index is 812. The summed E-state index contributed by atoms with van der Waals surface area (Å²) in [6, 6.07) is 7.64. The van der Waals surface area contributed by atoms with Crippen LogP contribution >= 0.6 is 22.9 Å². The molecule has 2 fully saturated rings. The summed E-state index contributed by atoms with van der Waals surface area (Å²) < 4.78 is 5.54. The summed E-state index contributed by atoms with van der Waals surface area (Å²) in [7, 11) is 0. The highest BCUT2D eigenvalue weighted by atomic mass is 35.5. The molecule has 2 heterocycles. The third-order valence-electron chi connectivity index (χ3n) is 6.07. The van der Waals surface area contributed by atoms with Gasteiger partial charge in [-0.3, -0.25) is 9.69 Å². The first kappa shape index (κ1) is 20.8.